The molecule has 0 radical (unpaired) electrons. The Morgan fingerprint density at radius 2 is 0.914 bits per heavy atom. The quantitative estimate of drug-likeness (QED) is 0.250. The SMILES string of the molecule is CCCN.CCCNS(=O)(=O)c1ccccc1.Cl.NCCN.NCCNS(=O)(=O)c1ccccc1. The highest BCUT2D eigenvalue weighted by atomic mass is 35.5. The molecule has 0 saturated carbocycles. The second-order valence-electron chi connectivity index (χ2n) is 6.58. The van der Waals surface area contributed by atoms with Crippen LogP contribution in [0, 0.1) is 0 Å². The Labute approximate surface area is 217 Å². The molecule has 0 aliphatic carbocycles. The lowest BCUT2D eigenvalue weighted by Gasteiger charge is -2.04. The van der Waals surface area contributed by atoms with Gasteiger partial charge in [0.25, 0.3) is 0 Å². The number of nitrogens with one attached hydrogen (secondary N) is 2. The van der Waals surface area contributed by atoms with Crippen molar-refractivity contribution < 1.29 is 16.8 Å². The van der Waals surface area contributed by atoms with E-state index in [-0.39, 0.29) is 23.8 Å². The molecule has 0 aliphatic rings. The van der Waals surface area contributed by atoms with Crippen molar-refractivity contribution in [1.29, 1.82) is 0 Å². The van der Waals surface area contributed by atoms with Crippen LogP contribution in [0.4, 0.5) is 0 Å². The summed E-state index contributed by atoms with van der Waals surface area (Å²) in [6, 6.07) is 16.6. The molecule has 2 rings (SSSR count). The Bertz CT molecular complexity index is 838. The van der Waals surface area contributed by atoms with Crippen LogP contribution in [0.25, 0.3) is 0 Å². The summed E-state index contributed by atoms with van der Waals surface area (Å²) in [4.78, 5) is 0.590. The molecule has 10 nitrogen and oxygen atoms in total. The molecule has 0 spiro atoms. The van der Waals surface area contributed by atoms with Crippen LogP contribution < -0.4 is 32.4 Å². The van der Waals surface area contributed by atoms with Gasteiger partial charge in [0.05, 0.1) is 9.79 Å². The van der Waals surface area contributed by atoms with Crippen LogP contribution in [0.3, 0.4) is 0 Å². The number of halogens is 1. The van der Waals surface area contributed by atoms with Gasteiger partial charge in [0.15, 0.2) is 0 Å². The minimum atomic E-state index is -3.35. The molecule has 0 aromatic heterocycles. The first-order chi connectivity index (χ1) is 16.2. The predicted molar refractivity (Wildman–Crippen MR) is 147 cm³/mol. The molecule has 0 atom stereocenters. The van der Waals surface area contributed by atoms with Crippen molar-refractivity contribution in [2.24, 2.45) is 22.9 Å². The van der Waals surface area contributed by atoms with Crippen LogP contribution in [0.1, 0.15) is 26.7 Å². The zero-order valence-electron chi connectivity index (χ0n) is 20.6. The third kappa shape index (κ3) is 20.3. The molecular weight excluding hydrogens is 512 g/mol. The molecule has 2 aromatic rings. The van der Waals surface area contributed by atoms with Gasteiger partial charge >= 0.3 is 0 Å². The lowest BCUT2D eigenvalue weighted by atomic mass is 10.4. The second kappa shape index (κ2) is 24.1. The third-order valence-electron chi connectivity index (χ3n) is 3.54. The van der Waals surface area contributed by atoms with Crippen LogP contribution in [-0.2, 0) is 20.0 Å². The fraction of sp³-hybridized carbons (Fsp3) is 0.455. The highest BCUT2D eigenvalue weighted by molar-refractivity contribution is 7.89. The molecule has 0 unspecified atom stereocenters. The molecule has 0 aliphatic heterocycles. The van der Waals surface area contributed by atoms with Gasteiger partial charge in [-0.1, -0.05) is 50.2 Å². The first-order valence-corrected chi connectivity index (χ1v) is 14.0. The van der Waals surface area contributed by atoms with Crippen LogP contribution in [0.5, 0.6) is 0 Å². The Morgan fingerprint density at radius 1 is 0.571 bits per heavy atom. The van der Waals surface area contributed by atoms with Crippen LogP contribution in [0.2, 0.25) is 0 Å². The van der Waals surface area contributed by atoms with E-state index in [2.05, 4.69) is 16.4 Å². The number of benzene rings is 2. The molecule has 13 heteroatoms. The maximum absolute atomic E-state index is 11.5. The van der Waals surface area contributed by atoms with Crippen molar-refractivity contribution in [2.75, 3.05) is 39.3 Å². The smallest absolute Gasteiger partial charge is 0.240 e. The fourth-order valence-electron chi connectivity index (χ4n) is 1.80. The van der Waals surface area contributed by atoms with E-state index >= 15 is 0 Å². The largest absolute Gasteiger partial charge is 0.330 e. The Hall–Kier alpha value is -1.61. The lowest BCUT2D eigenvalue weighted by molar-refractivity contribution is 0.579. The van der Waals surface area contributed by atoms with E-state index in [1.807, 2.05) is 6.92 Å². The van der Waals surface area contributed by atoms with E-state index in [4.69, 9.17) is 22.9 Å². The maximum atomic E-state index is 11.5. The van der Waals surface area contributed by atoms with Gasteiger partial charge in [-0.15, -0.1) is 12.4 Å². The standard InChI is InChI=1S/C9H13NO2S.C8H12N2O2S.C3H9N.C2H8N2.ClH/c1-2-8-10-13(11,12)9-6-4-3-5-7-9;9-6-7-10-13(11,12)8-4-2-1-3-5-8;1-2-3-4;3-1-2-4;/h3-7,10H,2,8H2,1H3;1-5,10H,6-7,9H2;2-4H2,1H3;1-4H2;1H. The summed E-state index contributed by atoms with van der Waals surface area (Å²) in [6.45, 7) is 7.04. The Kier molecular flexibility index (Phi) is 26.1. The molecule has 0 fully saturated rings. The topological polar surface area (TPSA) is 196 Å². The van der Waals surface area contributed by atoms with Gasteiger partial charge in [0.2, 0.25) is 20.0 Å². The molecule has 10 N–H and O–H groups in total. The normalized spacial score (nSPS) is 10.2. The summed E-state index contributed by atoms with van der Waals surface area (Å²) in [5.41, 5.74) is 20.0. The van der Waals surface area contributed by atoms with Crippen molar-refractivity contribution in [2.45, 2.75) is 36.5 Å². The van der Waals surface area contributed by atoms with E-state index in [0.717, 1.165) is 19.4 Å². The zero-order valence-corrected chi connectivity index (χ0v) is 23.0. The van der Waals surface area contributed by atoms with Gasteiger partial charge < -0.3 is 22.9 Å². The summed E-state index contributed by atoms with van der Waals surface area (Å²) < 4.78 is 50.7. The maximum Gasteiger partial charge on any atom is 0.240 e. The van der Waals surface area contributed by atoms with E-state index in [1.165, 1.54) is 0 Å². The molecule has 2 aromatic carbocycles. The predicted octanol–water partition coefficient (Wildman–Crippen LogP) is 0.979. The Morgan fingerprint density at radius 3 is 1.17 bits per heavy atom. The number of nitrogens with two attached hydrogens (primary N) is 4. The van der Waals surface area contributed by atoms with Gasteiger partial charge in [0.1, 0.15) is 0 Å². The zero-order chi connectivity index (χ0) is 26.3. The van der Waals surface area contributed by atoms with Crippen molar-refractivity contribution >= 4 is 32.5 Å². The van der Waals surface area contributed by atoms with Crippen molar-refractivity contribution in [3.05, 3.63) is 60.7 Å². The monoisotopic (exact) mass is 554 g/mol. The highest BCUT2D eigenvalue weighted by Gasteiger charge is 2.11. The van der Waals surface area contributed by atoms with Crippen molar-refractivity contribution in [3.8, 4) is 0 Å². The van der Waals surface area contributed by atoms with E-state index in [0.29, 0.717) is 31.1 Å². The van der Waals surface area contributed by atoms with Gasteiger partial charge in [-0.2, -0.15) is 0 Å². The molecule has 35 heavy (non-hydrogen) atoms. The van der Waals surface area contributed by atoms with Gasteiger partial charge in [-0.05, 0) is 43.7 Å². The van der Waals surface area contributed by atoms with Crippen molar-refractivity contribution in [3.63, 3.8) is 0 Å². The molecule has 0 amide bonds. The van der Waals surface area contributed by atoms with Crippen LogP contribution >= 0.6 is 12.4 Å². The van der Waals surface area contributed by atoms with Crippen molar-refractivity contribution in [1.82, 2.24) is 9.44 Å². The second-order valence-corrected chi connectivity index (χ2v) is 10.1. The van der Waals surface area contributed by atoms with Gasteiger partial charge in [0, 0.05) is 32.7 Å². The summed E-state index contributed by atoms with van der Waals surface area (Å²) in [7, 11) is -6.62. The van der Waals surface area contributed by atoms with Crippen LogP contribution in [-0.4, -0.2) is 56.1 Å². The fourth-order valence-corrected chi connectivity index (χ4v) is 4.02. The van der Waals surface area contributed by atoms with Gasteiger partial charge in [-0.25, -0.2) is 26.3 Å². The lowest BCUT2D eigenvalue weighted by Crippen LogP contribution is -2.29. The van der Waals surface area contributed by atoms with Crippen LogP contribution in [0.15, 0.2) is 70.5 Å². The van der Waals surface area contributed by atoms with E-state index in [9.17, 15) is 16.8 Å². The highest BCUT2D eigenvalue weighted by Crippen LogP contribution is 2.07. The summed E-state index contributed by atoms with van der Waals surface area (Å²) in [5.74, 6) is 0. The van der Waals surface area contributed by atoms with E-state index < -0.39 is 20.0 Å². The van der Waals surface area contributed by atoms with E-state index in [1.54, 1.807) is 60.7 Å². The summed E-state index contributed by atoms with van der Waals surface area (Å²) in [5, 5.41) is 0. The molecular formula is C22H43ClN6O4S2. The number of hydrogen-bond acceptors (Lipinski definition) is 8. The third-order valence-corrected chi connectivity index (χ3v) is 6.49. The minimum Gasteiger partial charge on any atom is -0.330 e. The molecule has 204 valence electrons. The average molecular weight is 555 g/mol. The Balaban J connectivity index is -0.000000440. The minimum absolute atomic E-state index is 0. The molecule has 0 bridgehead atoms. The number of rotatable bonds is 10. The molecule has 0 heterocycles. The summed E-state index contributed by atoms with van der Waals surface area (Å²) >= 11 is 0. The molecule has 0 saturated heterocycles. The first-order valence-electron chi connectivity index (χ1n) is 11.1. The number of hydrogen-bond donors (Lipinski definition) is 6. The average Bonchev–Trinajstić information content (AvgIpc) is 2.88. The van der Waals surface area contributed by atoms with Gasteiger partial charge in [-0.3, -0.25) is 0 Å². The summed E-state index contributed by atoms with van der Waals surface area (Å²) in [6.07, 6.45) is 1.89. The first kappa shape index (κ1) is 37.9. The number of sulfonamides is 2.